The number of piperidine rings is 1. The average molecular weight is 511 g/mol. The molecule has 1 unspecified atom stereocenters. The molecular formula is C31H38N6O. The summed E-state index contributed by atoms with van der Waals surface area (Å²) in [5.74, 6) is 1.04. The SMILES string of the molecule is C=C/C=C(\C(=C)C#N)N1CCC(Nc2cc(C(=O)N3CCN(c4ccccn4)C(C)C3)c(C)cc2C)CC1. The fourth-order valence-electron chi connectivity index (χ4n) is 5.47. The van der Waals surface area contributed by atoms with Gasteiger partial charge in [0.05, 0.1) is 11.3 Å². The third kappa shape index (κ3) is 5.91. The number of nitrogens with zero attached hydrogens (tertiary/aromatic N) is 5. The van der Waals surface area contributed by atoms with E-state index in [0.29, 0.717) is 18.7 Å². The van der Waals surface area contributed by atoms with Gasteiger partial charge in [0.2, 0.25) is 0 Å². The molecule has 2 aromatic rings. The molecule has 2 saturated heterocycles. The fourth-order valence-corrected chi connectivity index (χ4v) is 5.47. The number of aromatic nitrogens is 1. The maximum absolute atomic E-state index is 13.6. The van der Waals surface area contributed by atoms with Crippen molar-refractivity contribution in [3.8, 4) is 6.07 Å². The zero-order valence-electron chi connectivity index (χ0n) is 22.8. The maximum Gasteiger partial charge on any atom is 0.254 e. The van der Waals surface area contributed by atoms with Crippen LogP contribution in [-0.4, -0.2) is 65.5 Å². The van der Waals surface area contributed by atoms with Gasteiger partial charge >= 0.3 is 0 Å². The second-order valence-corrected chi connectivity index (χ2v) is 10.2. The lowest BCUT2D eigenvalue weighted by Crippen LogP contribution is -2.54. The van der Waals surface area contributed by atoms with E-state index in [1.807, 2.05) is 48.4 Å². The van der Waals surface area contributed by atoms with Crippen molar-refractivity contribution in [2.45, 2.75) is 45.7 Å². The van der Waals surface area contributed by atoms with Crippen molar-refractivity contribution in [2.24, 2.45) is 0 Å². The van der Waals surface area contributed by atoms with Crippen LogP contribution >= 0.6 is 0 Å². The molecule has 1 N–H and O–H groups in total. The predicted molar refractivity (Wildman–Crippen MR) is 154 cm³/mol. The summed E-state index contributed by atoms with van der Waals surface area (Å²) in [5.41, 5.74) is 5.22. The molecule has 0 bridgehead atoms. The first-order chi connectivity index (χ1) is 18.3. The van der Waals surface area contributed by atoms with Crippen LogP contribution in [0.2, 0.25) is 0 Å². The Balaban J connectivity index is 1.42. The monoisotopic (exact) mass is 510 g/mol. The Morgan fingerprint density at radius 2 is 1.89 bits per heavy atom. The lowest BCUT2D eigenvalue weighted by Gasteiger charge is -2.40. The van der Waals surface area contributed by atoms with Crippen LogP contribution in [0.15, 0.2) is 73.1 Å². The molecule has 1 atom stereocenters. The Kier molecular flexibility index (Phi) is 8.52. The largest absolute Gasteiger partial charge is 0.382 e. The van der Waals surface area contributed by atoms with Crippen molar-refractivity contribution in [1.82, 2.24) is 14.8 Å². The number of piperazine rings is 1. The van der Waals surface area contributed by atoms with Gasteiger partial charge in [-0.1, -0.05) is 31.4 Å². The van der Waals surface area contributed by atoms with Gasteiger partial charge in [-0.15, -0.1) is 0 Å². The van der Waals surface area contributed by atoms with Crippen LogP contribution < -0.4 is 10.2 Å². The van der Waals surface area contributed by atoms with Crippen LogP contribution in [0.25, 0.3) is 0 Å². The van der Waals surface area contributed by atoms with E-state index in [2.05, 4.69) is 59.2 Å². The molecule has 0 radical (unpaired) electrons. The number of carbonyl (C=O) groups is 1. The van der Waals surface area contributed by atoms with E-state index in [0.717, 1.165) is 66.4 Å². The first-order valence-electron chi connectivity index (χ1n) is 13.3. The van der Waals surface area contributed by atoms with Crippen molar-refractivity contribution in [2.75, 3.05) is 42.9 Å². The van der Waals surface area contributed by atoms with E-state index >= 15 is 0 Å². The van der Waals surface area contributed by atoms with Gasteiger partial charge in [0.25, 0.3) is 5.91 Å². The summed E-state index contributed by atoms with van der Waals surface area (Å²) in [6.45, 7) is 17.7. The molecule has 3 heterocycles. The van der Waals surface area contributed by atoms with Gasteiger partial charge in [0, 0.05) is 62.3 Å². The zero-order chi connectivity index (χ0) is 27.2. The van der Waals surface area contributed by atoms with E-state index in [4.69, 9.17) is 0 Å². The Morgan fingerprint density at radius 1 is 1.13 bits per heavy atom. The number of nitriles is 1. The number of pyridine rings is 1. The number of carbonyl (C=O) groups excluding carboxylic acids is 1. The van der Waals surface area contributed by atoms with Crippen LogP contribution in [0, 0.1) is 25.2 Å². The van der Waals surface area contributed by atoms with Gasteiger partial charge in [-0.05, 0) is 69.0 Å². The Hall–Kier alpha value is -4.05. The van der Waals surface area contributed by atoms with E-state index in [1.165, 1.54) is 0 Å². The molecular weight excluding hydrogens is 472 g/mol. The smallest absolute Gasteiger partial charge is 0.254 e. The highest BCUT2D eigenvalue weighted by molar-refractivity contribution is 5.97. The number of benzene rings is 1. The Morgan fingerprint density at radius 3 is 2.53 bits per heavy atom. The van der Waals surface area contributed by atoms with Gasteiger partial charge in [-0.3, -0.25) is 4.79 Å². The third-order valence-electron chi connectivity index (χ3n) is 7.58. The van der Waals surface area contributed by atoms with Gasteiger partial charge in [0.1, 0.15) is 11.9 Å². The van der Waals surface area contributed by atoms with Crippen LogP contribution in [0.5, 0.6) is 0 Å². The summed E-state index contributed by atoms with van der Waals surface area (Å²) in [6, 6.07) is 12.7. The van der Waals surface area contributed by atoms with Gasteiger partial charge in [0.15, 0.2) is 0 Å². The molecule has 2 fully saturated rings. The number of hydrogen-bond donors (Lipinski definition) is 1. The molecule has 1 aromatic carbocycles. The molecule has 0 aliphatic carbocycles. The van der Waals surface area contributed by atoms with Crippen molar-refractivity contribution >= 4 is 17.4 Å². The van der Waals surface area contributed by atoms with Crippen LogP contribution in [0.4, 0.5) is 11.5 Å². The number of rotatable bonds is 7. The lowest BCUT2D eigenvalue weighted by atomic mass is 9.99. The molecule has 2 aliphatic heterocycles. The number of allylic oxidation sites excluding steroid dienone is 3. The fraction of sp³-hybridized carbons (Fsp3) is 0.387. The Labute approximate surface area is 226 Å². The molecule has 4 rings (SSSR count). The number of aryl methyl sites for hydroxylation is 2. The number of hydrogen-bond acceptors (Lipinski definition) is 6. The normalized spacial score (nSPS) is 18.6. The highest BCUT2D eigenvalue weighted by Gasteiger charge is 2.29. The molecule has 0 saturated carbocycles. The second kappa shape index (κ2) is 12.0. The summed E-state index contributed by atoms with van der Waals surface area (Å²) in [4.78, 5) is 24.6. The van der Waals surface area contributed by atoms with Gasteiger partial charge in [-0.25, -0.2) is 4.98 Å². The van der Waals surface area contributed by atoms with Crippen molar-refractivity contribution in [3.63, 3.8) is 0 Å². The standard InChI is InChI=1S/C31H38N6O/c1-6-9-29(24(4)20-32)35-14-11-26(12-15-35)34-28-19-27(22(2)18-23(28)3)31(38)36-16-17-37(25(5)21-36)30-10-7-8-13-33-30/h6-10,13,18-19,25-26,34H,1,4,11-12,14-17,21H2,2-3,5H3/b29-9+. The Bertz CT molecular complexity index is 1250. The predicted octanol–water partition coefficient (Wildman–Crippen LogP) is 5.08. The van der Waals surface area contributed by atoms with Crippen molar-refractivity contribution < 1.29 is 4.79 Å². The third-order valence-corrected chi connectivity index (χ3v) is 7.58. The summed E-state index contributed by atoms with van der Waals surface area (Å²) >= 11 is 0. The minimum absolute atomic E-state index is 0.0853. The number of anilines is 2. The molecule has 1 amide bonds. The molecule has 7 heteroatoms. The average Bonchev–Trinajstić information content (AvgIpc) is 2.93. The second-order valence-electron chi connectivity index (χ2n) is 10.2. The van der Waals surface area contributed by atoms with E-state index in [-0.39, 0.29) is 18.0 Å². The first kappa shape index (κ1) is 27.0. The molecule has 0 spiro atoms. The minimum Gasteiger partial charge on any atom is -0.382 e. The number of nitrogens with one attached hydrogen (secondary N) is 1. The van der Waals surface area contributed by atoms with Gasteiger partial charge in [-0.2, -0.15) is 5.26 Å². The number of amides is 1. The molecule has 38 heavy (non-hydrogen) atoms. The molecule has 1 aromatic heterocycles. The summed E-state index contributed by atoms with van der Waals surface area (Å²) in [6.07, 6.45) is 7.23. The van der Waals surface area contributed by atoms with Crippen LogP contribution in [-0.2, 0) is 0 Å². The van der Waals surface area contributed by atoms with E-state index in [9.17, 15) is 10.1 Å². The summed E-state index contributed by atoms with van der Waals surface area (Å²) < 4.78 is 0. The highest BCUT2D eigenvalue weighted by Crippen LogP contribution is 2.27. The van der Waals surface area contributed by atoms with Crippen molar-refractivity contribution in [1.29, 1.82) is 5.26 Å². The van der Waals surface area contributed by atoms with Crippen LogP contribution in [0.3, 0.4) is 0 Å². The van der Waals surface area contributed by atoms with E-state index < -0.39 is 0 Å². The van der Waals surface area contributed by atoms with Crippen LogP contribution in [0.1, 0.15) is 41.3 Å². The van der Waals surface area contributed by atoms with Gasteiger partial charge < -0.3 is 20.0 Å². The summed E-state index contributed by atoms with van der Waals surface area (Å²) in [7, 11) is 0. The minimum atomic E-state index is 0.0853. The number of likely N-dealkylation sites (tertiary alicyclic amines) is 1. The molecule has 198 valence electrons. The van der Waals surface area contributed by atoms with E-state index in [1.54, 1.807) is 6.08 Å². The van der Waals surface area contributed by atoms with Crippen molar-refractivity contribution in [3.05, 3.63) is 89.8 Å². The maximum atomic E-state index is 13.6. The zero-order valence-corrected chi connectivity index (χ0v) is 22.8. The lowest BCUT2D eigenvalue weighted by molar-refractivity contribution is 0.0725. The topological polar surface area (TPSA) is 75.5 Å². The quantitative estimate of drug-likeness (QED) is 0.414. The first-order valence-corrected chi connectivity index (χ1v) is 13.3. The summed E-state index contributed by atoms with van der Waals surface area (Å²) in [5, 5.41) is 13.0. The molecule has 7 nitrogen and oxygen atoms in total. The molecule has 2 aliphatic rings. The highest BCUT2D eigenvalue weighted by atomic mass is 16.2.